The van der Waals surface area contributed by atoms with Crippen LogP contribution in [0.2, 0.25) is 0 Å². The summed E-state index contributed by atoms with van der Waals surface area (Å²) in [5.41, 5.74) is 8.88. The average molecular weight is 357 g/mol. The van der Waals surface area contributed by atoms with Gasteiger partial charge in [-0.3, -0.25) is 0 Å². The normalized spacial score (nSPS) is 10.1. The molecule has 0 spiro atoms. The van der Waals surface area contributed by atoms with E-state index in [0.717, 1.165) is 22.0 Å². The zero-order valence-electron chi connectivity index (χ0n) is 14.5. The van der Waals surface area contributed by atoms with Crippen molar-refractivity contribution in [3.63, 3.8) is 0 Å². The van der Waals surface area contributed by atoms with Gasteiger partial charge in [-0.1, -0.05) is 72.8 Å². The smallest absolute Gasteiger partial charge is 0.339 e. The van der Waals surface area contributed by atoms with Crippen LogP contribution in [0.1, 0.15) is 10.4 Å². The fourth-order valence-corrected chi connectivity index (χ4v) is 2.78. The van der Waals surface area contributed by atoms with Crippen molar-refractivity contribution in [2.24, 2.45) is 0 Å². The molecule has 27 heavy (non-hydrogen) atoms. The molecule has 4 nitrogen and oxygen atoms in total. The van der Waals surface area contributed by atoms with Crippen LogP contribution in [0.3, 0.4) is 0 Å². The first-order chi connectivity index (χ1) is 13.1. The first-order valence-corrected chi connectivity index (χ1v) is 8.41. The van der Waals surface area contributed by atoms with Gasteiger partial charge in [-0.15, -0.1) is 0 Å². The Bertz CT molecular complexity index is 1080. The standard InChI is InChI=1S/C12H11N.C11H8O3/c13-12-9-5-4-8-11(12)10-6-2-1-3-7-10;12-10-6-8-4-2-1-3-7(8)5-9(10)11(13)14/h1-9H,13H2;1-6,12H,(H,13,14). The highest BCUT2D eigenvalue weighted by molar-refractivity contribution is 5.97. The van der Waals surface area contributed by atoms with Crippen LogP contribution in [0.25, 0.3) is 21.9 Å². The number of fused-ring (bicyclic) bond motifs is 1. The van der Waals surface area contributed by atoms with E-state index >= 15 is 0 Å². The fourth-order valence-electron chi connectivity index (χ4n) is 2.78. The van der Waals surface area contributed by atoms with Crippen molar-refractivity contribution >= 4 is 22.4 Å². The Morgan fingerprint density at radius 1 is 0.741 bits per heavy atom. The summed E-state index contributed by atoms with van der Waals surface area (Å²) in [4.78, 5) is 10.7. The van der Waals surface area contributed by atoms with E-state index in [1.807, 2.05) is 60.7 Å². The number of benzene rings is 4. The minimum absolute atomic E-state index is 0.0660. The van der Waals surface area contributed by atoms with Crippen molar-refractivity contribution in [1.82, 2.24) is 0 Å². The molecule has 0 heterocycles. The third-order valence-corrected chi connectivity index (χ3v) is 4.14. The second-order valence-electron chi connectivity index (χ2n) is 5.97. The molecule has 4 aromatic rings. The Kier molecular flexibility index (Phi) is 5.38. The lowest BCUT2D eigenvalue weighted by Crippen LogP contribution is -1.96. The lowest BCUT2D eigenvalue weighted by molar-refractivity contribution is 0.0694. The molecule has 134 valence electrons. The molecule has 4 rings (SSSR count). The third-order valence-electron chi connectivity index (χ3n) is 4.14. The van der Waals surface area contributed by atoms with Gasteiger partial charge in [-0.05, 0) is 34.5 Å². The Labute approximate surface area is 157 Å². The minimum atomic E-state index is -1.12. The Balaban J connectivity index is 0.000000156. The molecule has 0 radical (unpaired) electrons. The van der Waals surface area contributed by atoms with Crippen LogP contribution in [0.15, 0.2) is 91.0 Å². The summed E-state index contributed by atoms with van der Waals surface area (Å²) in [7, 11) is 0. The quantitative estimate of drug-likeness (QED) is 0.432. The molecule has 0 saturated carbocycles. The van der Waals surface area contributed by atoms with Crippen LogP contribution < -0.4 is 5.73 Å². The molecular weight excluding hydrogens is 338 g/mol. The second kappa shape index (κ2) is 8.06. The molecular formula is C23H19NO3. The number of hydrogen-bond acceptors (Lipinski definition) is 3. The molecule has 4 N–H and O–H groups in total. The molecule has 0 bridgehead atoms. The Hall–Kier alpha value is -3.79. The lowest BCUT2D eigenvalue weighted by atomic mass is 10.0. The summed E-state index contributed by atoms with van der Waals surface area (Å²) in [6.07, 6.45) is 0. The molecule has 0 fully saturated rings. The summed E-state index contributed by atoms with van der Waals surface area (Å²) in [5.74, 6) is -1.32. The number of aromatic hydroxyl groups is 1. The predicted molar refractivity (Wildman–Crippen MR) is 109 cm³/mol. The highest BCUT2D eigenvalue weighted by atomic mass is 16.4. The Morgan fingerprint density at radius 3 is 1.93 bits per heavy atom. The van der Waals surface area contributed by atoms with Crippen molar-refractivity contribution in [1.29, 1.82) is 0 Å². The van der Waals surface area contributed by atoms with Crippen molar-refractivity contribution < 1.29 is 15.0 Å². The van der Waals surface area contributed by atoms with Gasteiger partial charge < -0.3 is 15.9 Å². The van der Waals surface area contributed by atoms with Gasteiger partial charge in [0.15, 0.2) is 0 Å². The van der Waals surface area contributed by atoms with E-state index < -0.39 is 5.97 Å². The number of phenols is 1. The summed E-state index contributed by atoms with van der Waals surface area (Å²) >= 11 is 0. The number of nitrogen functional groups attached to an aromatic ring is 1. The fraction of sp³-hybridized carbons (Fsp3) is 0. The molecule has 0 aromatic heterocycles. The van der Waals surface area contributed by atoms with Gasteiger partial charge in [0, 0.05) is 11.3 Å². The van der Waals surface area contributed by atoms with Crippen LogP contribution in [0.5, 0.6) is 5.75 Å². The van der Waals surface area contributed by atoms with Gasteiger partial charge in [0.1, 0.15) is 11.3 Å². The molecule has 4 heteroatoms. The number of carboxylic acid groups (broad SMARTS) is 1. The number of aromatic carboxylic acids is 1. The summed E-state index contributed by atoms with van der Waals surface area (Å²) < 4.78 is 0. The molecule has 0 aliphatic carbocycles. The number of anilines is 1. The first kappa shape index (κ1) is 18.0. The van der Waals surface area contributed by atoms with Crippen molar-refractivity contribution in [2.45, 2.75) is 0 Å². The van der Waals surface area contributed by atoms with Gasteiger partial charge in [0.2, 0.25) is 0 Å². The van der Waals surface area contributed by atoms with E-state index in [4.69, 9.17) is 10.8 Å². The number of carbonyl (C=O) groups is 1. The Morgan fingerprint density at radius 2 is 1.30 bits per heavy atom. The van der Waals surface area contributed by atoms with Gasteiger partial charge in [0.25, 0.3) is 0 Å². The first-order valence-electron chi connectivity index (χ1n) is 8.41. The maximum absolute atomic E-state index is 10.7. The number of hydrogen-bond donors (Lipinski definition) is 3. The number of rotatable bonds is 2. The maximum atomic E-state index is 10.7. The molecule has 0 saturated heterocycles. The maximum Gasteiger partial charge on any atom is 0.339 e. The van der Waals surface area contributed by atoms with Crippen LogP contribution >= 0.6 is 0 Å². The van der Waals surface area contributed by atoms with Gasteiger partial charge in [-0.25, -0.2) is 4.79 Å². The van der Waals surface area contributed by atoms with Crippen LogP contribution in [0, 0.1) is 0 Å². The summed E-state index contributed by atoms with van der Waals surface area (Å²) in [6, 6.07) is 28.3. The average Bonchev–Trinajstić information content (AvgIpc) is 2.69. The van der Waals surface area contributed by atoms with Crippen molar-refractivity contribution in [2.75, 3.05) is 5.73 Å². The van der Waals surface area contributed by atoms with Gasteiger partial charge in [-0.2, -0.15) is 0 Å². The van der Waals surface area contributed by atoms with Crippen molar-refractivity contribution in [3.8, 4) is 16.9 Å². The van der Waals surface area contributed by atoms with E-state index in [1.54, 1.807) is 6.07 Å². The largest absolute Gasteiger partial charge is 0.507 e. The van der Waals surface area contributed by atoms with Gasteiger partial charge >= 0.3 is 5.97 Å². The van der Waals surface area contributed by atoms with Crippen LogP contribution in [-0.2, 0) is 0 Å². The minimum Gasteiger partial charge on any atom is -0.507 e. The molecule has 0 unspecified atom stereocenters. The molecule has 0 atom stereocenters. The number of carboxylic acids is 1. The van der Waals surface area contributed by atoms with Crippen LogP contribution in [0.4, 0.5) is 5.69 Å². The second-order valence-corrected chi connectivity index (χ2v) is 5.97. The summed E-state index contributed by atoms with van der Waals surface area (Å²) in [6.45, 7) is 0. The SMILES string of the molecule is Nc1ccccc1-c1ccccc1.O=C(O)c1cc2ccccc2cc1O. The van der Waals surface area contributed by atoms with E-state index in [1.165, 1.54) is 17.7 Å². The topological polar surface area (TPSA) is 83.6 Å². The highest BCUT2D eigenvalue weighted by Gasteiger charge is 2.09. The molecule has 0 aliphatic rings. The summed E-state index contributed by atoms with van der Waals surface area (Å²) in [5, 5.41) is 19.8. The van der Waals surface area contributed by atoms with E-state index in [2.05, 4.69) is 12.1 Å². The monoisotopic (exact) mass is 357 g/mol. The lowest BCUT2D eigenvalue weighted by Gasteiger charge is -2.03. The molecule has 0 aliphatic heterocycles. The molecule has 4 aromatic carbocycles. The zero-order chi connectivity index (χ0) is 19.2. The third kappa shape index (κ3) is 4.25. The van der Waals surface area contributed by atoms with E-state index in [-0.39, 0.29) is 11.3 Å². The highest BCUT2D eigenvalue weighted by Crippen LogP contribution is 2.25. The van der Waals surface area contributed by atoms with Gasteiger partial charge in [0.05, 0.1) is 0 Å². The van der Waals surface area contributed by atoms with E-state index in [0.29, 0.717) is 0 Å². The van der Waals surface area contributed by atoms with E-state index in [9.17, 15) is 9.90 Å². The zero-order valence-corrected chi connectivity index (χ0v) is 14.5. The number of nitrogens with two attached hydrogens (primary N) is 1. The predicted octanol–water partition coefficient (Wildman–Crippen LogP) is 5.18. The molecule has 0 amide bonds. The van der Waals surface area contributed by atoms with Crippen molar-refractivity contribution in [3.05, 3.63) is 96.6 Å². The number of para-hydroxylation sites is 1. The van der Waals surface area contributed by atoms with Crippen LogP contribution in [-0.4, -0.2) is 16.2 Å².